The average Bonchev–Trinajstić information content (AvgIpc) is 2.55. The van der Waals surface area contributed by atoms with E-state index in [-0.39, 0.29) is 40.4 Å². The van der Waals surface area contributed by atoms with Gasteiger partial charge in [-0.2, -0.15) is 0 Å². The molecule has 1 saturated carbocycles. The van der Waals surface area contributed by atoms with Crippen molar-refractivity contribution < 1.29 is 17.9 Å². The highest BCUT2D eigenvalue weighted by atomic mass is 35.5. The van der Waals surface area contributed by atoms with E-state index in [0.29, 0.717) is 6.42 Å². The summed E-state index contributed by atoms with van der Waals surface area (Å²) >= 11 is 6.10. The van der Waals surface area contributed by atoms with Gasteiger partial charge in [-0.15, -0.1) is 12.4 Å². The Morgan fingerprint density at radius 3 is 2.64 bits per heavy atom. The lowest BCUT2D eigenvalue weighted by atomic mass is 9.74. The molecule has 0 bridgehead atoms. The number of sulfonamides is 1. The Hall–Kier alpha value is -0.860. The van der Waals surface area contributed by atoms with E-state index in [1.165, 1.54) is 25.3 Å². The first-order valence-corrected chi connectivity index (χ1v) is 9.74. The van der Waals surface area contributed by atoms with Crippen LogP contribution in [0.1, 0.15) is 43.0 Å². The van der Waals surface area contributed by atoms with Crippen molar-refractivity contribution in [2.24, 2.45) is 11.7 Å². The monoisotopic (exact) mass is 410 g/mol. The summed E-state index contributed by atoms with van der Waals surface area (Å²) < 4.78 is 33.0. The van der Waals surface area contributed by atoms with Crippen molar-refractivity contribution in [3.05, 3.63) is 28.8 Å². The van der Waals surface area contributed by atoms with Gasteiger partial charge in [0.25, 0.3) is 0 Å². The minimum absolute atomic E-state index is 0. The van der Waals surface area contributed by atoms with E-state index in [4.69, 9.17) is 17.3 Å². The maximum Gasteiger partial charge on any atom is 0.337 e. The van der Waals surface area contributed by atoms with Gasteiger partial charge in [0.15, 0.2) is 0 Å². The summed E-state index contributed by atoms with van der Waals surface area (Å²) in [5.74, 6) is -0.438. The van der Waals surface area contributed by atoms with Gasteiger partial charge < -0.3 is 10.5 Å². The van der Waals surface area contributed by atoms with Crippen LogP contribution in [0.3, 0.4) is 0 Å². The van der Waals surface area contributed by atoms with Crippen LogP contribution in [0.2, 0.25) is 5.02 Å². The van der Waals surface area contributed by atoms with Gasteiger partial charge in [-0.1, -0.05) is 31.4 Å². The number of carbonyl (C=O) groups is 1. The second-order valence-electron chi connectivity index (χ2n) is 6.25. The lowest BCUT2D eigenvalue weighted by Gasteiger charge is -2.42. The normalized spacial score (nSPS) is 23.6. The quantitative estimate of drug-likeness (QED) is 0.726. The van der Waals surface area contributed by atoms with Crippen molar-refractivity contribution in [1.29, 1.82) is 0 Å². The highest BCUT2D eigenvalue weighted by Gasteiger charge is 2.41. The van der Waals surface area contributed by atoms with Crippen LogP contribution < -0.4 is 10.5 Å². The molecule has 0 spiro atoms. The minimum Gasteiger partial charge on any atom is -0.465 e. The topological polar surface area (TPSA) is 98.5 Å². The maximum absolute atomic E-state index is 12.8. The predicted molar refractivity (Wildman–Crippen MR) is 99.8 cm³/mol. The minimum atomic E-state index is -3.86. The van der Waals surface area contributed by atoms with Crippen LogP contribution in [0.4, 0.5) is 0 Å². The van der Waals surface area contributed by atoms with Crippen LogP contribution in [-0.2, 0) is 14.8 Å². The zero-order chi connectivity index (χ0) is 18.0. The molecule has 1 aliphatic carbocycles. The standard InChI is InChI=1S/C16H23ClN2O4S.ClH/c1-11-5-3-4-8-16(11,10-18)19-24(21,22)14-7-6-12(9-13(14)17)15(20)23-2;/h6-7,9,11,19H,3-5,8,10,18H2,1-2H3;1H. The summed E-state index contributed by atoms with van der Waals surface area (Å²) in [6.07, 6.45) is 3.62. The van der Waals surface area contributed by atoms with Gasteiger partial charge in [0.1, 0.15) is 4.90 Å². The van der Waals surface area contributed by atoms with Crippen molar-refractivity contribution in [2.45, 2.75) is 43.0 Å². The molecule has 0 aromatic heterocycles. The second kappa shape index (κ2) is 8.68. The average molecular weight is 411 g/mol. The second-order valence-corrected chi connectivity index (χ2v) is 8.31. The number of benzene rings is 1. The van der Waals surface area contributed by atoms with Crippen LogP contribution in [0, 0.1) is 5.92 Å². The number of carbonyl (C=O) groups excluding carboxylic acids is 1. The molecule has 1 aromatic carbocycles. The number of methoxy groups -OCH3 is 1. The molecule has 0 amide bonds. The maximum atomic E-state index is 12.8. The number of nitrogens with one attached hydrogen (secondary N) is 1. The van der Waals surface area contributed by atoms with Gasteiger partial charge in [-0.05, 0) is 37.0 Å². The zero-order valence-electron chi connectivity index (χ0n) is 14.2. The molecule has 2 rings (SSSR count). The van der Waals surface area contributed by atoms with Crippen molar-refractivity contribution >= 4 is 40.0 Å². The smallest absolute Gasteiger partial charge is 0.337 e. The molecule has 1 fully saturated rings. The molecule has 0 aliphatic heterocycles. The fourth-order valence-corrected chi connectivity index (χ4v) is 5.28. The molecule has 9 heteroatoms. The Balaban J connectivity index is 0.00000312. The van der Waals surface area contributed by atoms with Crippen molar-refractivity contribution in [1.82, 2.24) is 4.72 Å². The van der Waals surface area contributed by atoms with Crippen LogP contribution in [0.25, 0.3) is 0 Å². The SMILES string of the molecule is COC(=O)c1ccc(S(=O)(=O)NC2(CN)CCCCC2C)c(Cl)c1.Cl. The molecule has 142 valence electrons. The molecule has 6 nitrogen and oxygen atoms in total. The van der Waals surface area contributed by atoms with Gasteiger partial charge >= 0.3 is 5.97 Å². The Morgan fingerprint density at radius 2 is 2.12 bits per heavy atom. The Labute approximate surface area is 159 Å². The largest absolute Gasteiger partial charge is 0.465 e. The Morgan fingerprint density at radius 1 is 1.44 bits per heavy atom. The summed E-state index contributed by atoms with van der Waals surface area (Å²) in [4.78, 5) is 11.5. The van der Waals surface area contributed by atoms with Gasteiger partial charge in [0.2, 0.25) is 10.0 Å². The zero-order valence-corrected chi connectivity index (χ0v) is 16.6. The van der Waals surface area contributed by atoms with Crippen LogP contribution in [0.15, 0.2) is 23.1 Å². The highest BCUT2D eigenvalue weighted by Crippen LogP contribution is 2.35. The highest BCUT2D eigenvalue weighted by molar-refractivity contribution is 7.89. The van der Waals surface area contributed by atoms with Gasteiger partial charge in [-0.3, -0.25) is 0 Å². The van der Waals surface area contributed by atoms with Crippen LogP contribution in [0.5, 0.6) is 0 Å². The summed E-state index contributed by atoms with van der Waals surface area (Å²) in [6, 6.07) is 3.99. The number of esters is 1. The molecule has 0 radical (unpaired) electrons. The first kappa shape index (κ1) is 22.2. The number of nitrogens with two attached hydrogens (primary N) is 1. The molecule has 1 aromatic rings. The van der Waals surface area contributed by atoms with E-state index in [9.17, 15) is 13.2 Å². The lowest BCUT2D eigenvalue weighted by Crippen LogP contribution is -2.58. The first-order chi connectivity index (χ1) is 11.3. The molecule has 3 N–H and O–H groups in total. The fraction of sp³-hybridized carbons (Fsp3) is 0.562. The summed E-state index contributed by atoms with van der Waals surface area (Å²) in [5.41, 5.74) is 5.44. The predicted octanol–water partition coefficient (Wildman–Crippen LogP) is 2.73. The number of hydrogen-bond donors (Lipinski definition) is 2. The number of halogens is 2. The first-order valence-electron chi connectivity index (χ1n) is 7.87. The Bertz CT molecular complexity index is 727. The summed E-state index contributed by atoms with van der Waals surface area (Å²) in [5, 5.41) is -0.0268. The fourth-order valence-electron chi connectivity index (χ4n) is 3.20. The van der Waals surface area contributed by atoms with Crippen LogP contribution >= 0.6 is 24.0 Å². The van der Waals surface area contributed by atoms with E-state index in [0.717, 1.165) is 19.3 Å². The van der Waals surface area contributed by atoms with Gasteiger partial charge in [0.05, 0.1) is 17.7 Å². The third-order valence-corrected chi connectivity index (χ3v) is 6.83. The lowest BCUT2D eigenvalue weighted by molar-refractivity contribution is 0.0600. The van der Waals surface area contributed by atoms with Gasteiger partial charge in [-0.25, -0.2) is 17.9 Å². The van der Waals surface area contributed by atoms with E-state index in [2.05, 4.69) is 9.46 Å². The summed E-state index contributed by atoms with van der Waals surface area (Å²) in [7, 11) is -2.61. The molecule has 0 heterocycles. The molecular formula is C16H24Cl2N2O4S. The number of ether oxygens (including phenoxy) is 1. The molecule has 25 heavy (non-hydrogen) atoms. The molecule has 0 saturated heterocycles. The van der Waals surface area contributed by atoms with Crippen molar-refractivity contribution in [3.63, 3.8) is 0 Å². The van der Waals surface area contributed by atoms with E-state index < -0.39 is 21.5 Å². The molecule has 2 unspecified atom stereocenters. The number of hydrogen-bond acceptors (Lipinski definition) is 5. The molecule has 2 atom stereocenters. The van der Waals surface area contributed by atoms with Crippen molar-refractivity contribution in [3.8, 4) is 0 Å². The molecular weight excluding hydrogens is 387 g/mol. The summed E-state index contributed by atoms with van der Waals surface area (Å²) in [6.45, 7) is 2.24. The van der Waals surface area contributed by atoms with E-state index in [1.54, 1.807) is 0 Å². The van der Waals surface area contributed by atoms with Crippen molar-refractivity contribution in [2.75, 3.05) is 13.7 Å². The third kappa shape index (κ3) is 4.65. The van der Waals surface area contributed by atoms with E-state index in [1.807, 2.05) is 6.92 Å². The molecule has 1 aliphatic rings. The third-order valence-electron chi connectivity index (χ3n) is 4.80. The Kier molecular flexibility index (Phi) is 7.71. The van der Waals surface area contributed by atoms with Gasteiger partial charge in [0, 0.05) is 12.1 Å². The number of rotatable bonds is 5. The van der Waals surface area contributed by atoms with Crippen LogP contribution in [-0.4, -0.2) is 33.6 Å². The van der Waals surface area contributed by atoms with E-state index >= 15 is 0 Å².